The van der Waals surface area contributed by atoms with Crippen molar-refractivity contribution >= 4 is 5.91 Å². The lowest BCUT2D eigenvalue weighted by Gasteiger charge is -2.36. The van der Waals surface area contributed by atoms with E-state index in [1.807, 2.05) is 12.1 Å². The molecule has 3 rings (SSSR count). The average Bonchev–Trinajstić information content (AvgIpc) is 3.07. The predicted molar refractivity (Wildman–Crippen MR) is 95.3 cm³/mol. The van der Waals surface area contributed by atoms with E-state index in [9.17, 15) is 4.79 Å². The smallest absolute Gasteiger partial charge is 0.222 e. The van der Waals surface area contributed by atoms with Gasteiger partial charge in [-0.15, -0.1) is 0 Å². The van der Waals surface area contributed by atoms with Gasteiger partial charge in [0.2, 0.25) is 11.7 Å². The number of carbonyl (C=O) groups excluding carboxylic acids is 1. The Morgan fingerprint density at radius 2 is 1.64 bits per heavy atom. The molecule has 25 heavy (non-hydrogen) atoms. The molecule has 1 aromatic carbocycles. The van der Waals surface area contributed by atoms with Crippen LogP contribution in [0.3, 0.4) is 0 Å². The molecule has 6 heteroatoms. The summed E-state index contributed by atoms with van der Waals surface area (Å²) in [5, 5.41) is 0. The second kappa shape index (κ2) is 7.95. The number of ether oxygens (including phenoxy) is 3. The number of likely N-dealkylation sites (tertiary alicyclic amines) is 2. The molecule has 2 saturated heterocycles. The van der Waals surface area contributed by atoms with Crippen molar-refractivity contribution in [1.82, 2.24) is 9.80 Å². The van der Waals surface area contributed by atoms with Crippen LogP contribution in [0.4, 0.5) is 0 Å². The maximum Gasteiger partial charge on any atom is 0.222 e. The third-order valence-corrected chi connectivity index (χ3v) is 5.24. The molecule has 2 aliphatic rings. The molecule has 6 nitrogen and oxygen atoms in total. The summed E-state index contributed by atoms with van der Waals surface area (Å²) in [7, 11) is 4.89. The summed E-state index contributed by atoms with van der Waals surface area (Å²) in [5.41, 5.74) is 1.14. The molecule has 0 unspecified atom stereocenters. The standard InChI is InChI=1S/C19H28N2O4/c1-23-16-11-14(12-17(24-2)19(16)25-3)13-20-9-6-15(7-10-20)21-8-4-5-18(21)22/h11-12,15H,4-10,13H2,1-3H3. The van der Waals surface area contributed by atoms with Gasteiger partial charge in [0.05, 0.1) is 21.3 Å². The summed E-state index contributed by atoms with van der Waals surface area (Å²) in [5.74, 6) is 2.34. The fraction of sp³-hybridized carbons (Fsp3) is 0.632. The number of amides is 1. The monoisotopic (exact) mass is 348 g/mol. The number of benzene rings is 1. The quantitative estimate of drug-likeness (QED) is 0.790. The van der Waals surface area contributed by atoms with E-state index >= 15 is 0 Å². The van der Waals surface area contributed by atoms with Crippen LogP contribution in [0.25, 0.3) is 0 Å². The Morgan fingerprint density at radius 3 is 2.12 bits per heavy atom. The van der Waals surface area contributed by atoms with Crippen LogP contribution in [0.5, 0.6) is 17.2 Å². The van der Waals surface area contributed by atoms with Crippen LogP contribution < -0.4 is 14.2 Å². The van der Waals surface area contributed by atoms with Gasteiger partial charge < -0.3 is 19.1 Å². The third-order valence-electron chi connectivity index (χ3n) is 5.24. The third kappa shape index (κ3) is 3.84. The minimum absolute atomic E-state index is 0.336. The highest BCUT2D eigenvalue weighted by Crippen LogP contribution is 2.38. The number of hydrogen-bond donors (Lipinski definition) is 0. The van der Waals surface area contributed by atoms with Crippen LogP contribution >= 0.6 is 0 Å². The molecule has 1 amide bonds. The number of methoxy groups -OCH3 is 3. The predicted octanol–water partition coefficient (Wildman–Crippen LogP) is 2.30. The normalized spacial score (nSPS) is 19.3. The highest BCUT2D eigenvalue weighted by atomic mass is 16.5. The first kappa shape index (κ1) is 17.9. The van der Waals surface area contributed by atoms with Gasteiger partial charge in [-0.1, -0.05) is 0 Å². The van der Waals surface area contributed by atoms with Crippen molar-refractivity contribution in [3.05, 3.63) is 17.7 Å². The van der Waals surface area contributed by atoms with E-state index in [1.54, 1.807) is 21.3 Å². The van der Waals surface area contributed by atoms with Gasteiger partial charge in [-0.25, -0.2) is 0 Å². The Hall–Kier alpha value is -1.95. The summed E-state index contributed by atoms with van der Waals surface area (Å²) in [6.45, 7) is 3.80. The molecular formula is C19H28N2O4. The van der Waals surface area contributed by atoms with E-state index in [0.29, 0.717) is 29.2 Å². The van der Waals surface area contributed by atoms with Crippen molar-refractivity contribution in [2.45, 2.75) is 38.3 Å². The van der Waals surface area contributed by atoms with Gasteiger partial charge in [0, 0.05) is 38.6 Å². The second-order valence-corrected chi connectivity index (χ2v) is 6.73. The van der Waals surface area contributed by atoms with Crippen LogP contribution in [-0.2, 0) is 11.3 Å². The van der Waals surface area contributed by atoms with Crippen LogP contribution in [0.2, 0.25) is 0 Å². The van der Waals surface area contributed by atoms with E-state index in [-0.39, 0.29) is 0 Å². The maximum atomic E-state index is 11.9. The zero-order valence-electron chi connectivity index (χ0n) is 15.4. The van der Waals surface area contributed by atoms with E-state index in [4.69, 9.17) is 14.2 Å². The van der Waals surface area contributed by atoms with Crippen LogP contribution in [-0.4, -0.2) is 62.7 Å². The summed E-state index contributed by atoms with van der Waals surface area (Å²) < 4.78 is 16.3. The largest absolute Gasteiger partial charge is 0.493 e. The molecule has 2 aliphatic heterocycles. The summed E-state index contributed by atoms with van der Waals surface area (Å²) in [6.07, 6.45) is 3.85. The van der Waals surface area contributed by atoms with Gasteiger partial charge >= 0.3 is 0 Å². The summed E-state index contributed by atoms with van der Waals surface area (Å²) >= 11 is 0. The molecule has 0 bridgehead atoms. The van der Waals surface area contributed by atoms with Gasteiger partial charge in [0.15, 0.2) is 11.5 Å². The van der Waals surface area contributed by atoms with Gasteiger partial charge in [-0.05, 0) is 37.0 Å². The lowest BCUT2D eigenvalue weighted by atomic mass is 10.0. The molecule has 2 fully saturated rings. The SMILES string of the molecule is COc1cc(CN2CCC(N3CCCC3=O)CC2)cc(OC)c1OC. The fourth-order valence-corrected chi connectivity index (χ4v) is 3.93. The summed E-state index contributed by atoms with van der Waals surface area (Å²) in [4.78, 5) is 16.4. The van der Waals surface area contributed by atoms with E-state index < -0.39 is 0 Å². The van der Waals surface area contributed by atoms with Crippen molar-refractivity contribution < 1.29 is 19.0 Å². The van der Waals surface area contributed by atoms with Crippen molar-refractivity contribution in [1.29, 1.82) is 0 Å². The number of piperidine rings is 1. The molecular weight excluding hydrogens is 320 g/mol. The molecule has 0 aliphatic carbocycles. The Morgan fingerprint density at radius 1 is 1.00 bits per heavy atom. The van der Waals surface area contributed by atoms with E-state index in [1.165, 1.54) is 0 Å². The maximum absolute atomic E-state index is 11.9. The minimum Gasteiger partial charge on any atom is -0.493 e. The number of nitrogens with zero attached hydrogens (tertiary/aromatic N) is 2. The zero-order chi connectivity index (χ0) is 17.8. The average molecular weight is 348 g/mol. The summed E-state index contributed by atoms with van der Waals surface area (Å²) in [6, 6.07) is 4.45. The van der Waals surface area contributed by atoms with Gasteiger partial charge in [0.1, 0.15) is 0 Å². The number of hydrogen-bond acceptors (Lipinski definition) is 5. The van der Waals surface area contributed by atoms with Crippen LogP contribution in [0.15, 0.2) is 12.1 Å². The van der Waals surface area contributed by atoms with Gasteiger partial charge in [-0.3, -0.25) is 9.69 Å². The van der Waals surface area contributed by atoms with E-state index in [2.05, 4.69) is 9.80 Å². The zero-order valence-corrected chi connectivity index (χ0v) is 15.4. The molecule has 1 aromatic rings. The lowest BCUT2D eigenvalue weighted by molar-refractivity contribution is -0.130. The van der Waals surface area contributed by atoms with Gasteiger partial charge in [0.25, 0.3) is 0 Å². The number of rotatable bonds is 6. The van der Waals surface area contributed by atoms with Crippen LogP contribution in [0, 0.1) is 0 Å². The van der Waals surface area contributed by atoms with Crippen LogP contribution in [0.1, 0.15) is 31.2 Å². The molecule has 0 N–H and O–H groups in total. The topological polar surface area (TPSA) is 51.2 Å². The van der Waals surface area contributed by atoms with Crippen molar-refractivity contribution in [2.75, 3.05) is 41.0 Å². The molecule has 2 heterocycles. The lowest BCUT2D eigenvalue weighted by Crippen LogP contribution is -2.45. The molecule has 0 aromatic heterocycles. The van der Waals surface area contributed by atoms with Crippen molar-refractivity contribution in [3.8, 4) is 17.2 Å². The Balaban J connectivity index is 1.63. The molecule has 0 radical (unpaired) electrons. The van der Waals surface area contributed by atoms with Crippen molar-refractivity contribution in [3.63, 3.8) is 0 Å². The number of carbonyl (C=O) groups is 1. The molecule has 0 spiro atoms. The highest BCUT2D eigenvalue weighted by Gasteiger charge is 2.30. The first-order chi connectivity index (χ1) is 12.2. The molecule has 0 saturated carbocycles. The molecule has 138 valence electrons. The molecule has 0 atom stereocenters. The first-order valence-electron chi connectivity index (χ1n) is 8.97. The fourth-order valence-electron chi connectivity index (χ4n) is 3.93. The second-order valence-electron chi connectivity index (χ2n) is 6.73. The minimum atomic E-state index is 0.336. The highest BCUT2D eigenvalue weighted by molar-refractivity contribution is 5.78. The Bertz CT molecular complexity index is 586. The Kier molecular flexibility index (Phi) is 5.68. The Labute approximate surface area is 149 Å². The van der Waals surface area contributed by atoms with Gasteiger partial charge in [-0.2, -0.15) is 0 Å². The van der Waals surface area contributed by atoms with E-state index in [0.717, 1.165) is 57.4 Å². The first-order valence-corrected chi connectivity index (χ1v) is 8.97. The van der Waals surface area contributed by atoms with Crippen molar-refractivity contribution in [2.24, 2.45) is 0 Å².